The monoisotopic (exact) mass is 360 g/mol. The number of benzene rings is 1. The maximum absolute atomic E-state index is 14.5. The number of hydrogen-bond acceptors (Lipinski definition) is 7. The Hall–Kier alpha value is -2.29. The Balaban J connectivity index is 1.88. The topological polar surface area (TPSA) is 84.5 Å². The fourth-order valence-electron chi connectivity index (χ4n) is 3.19. The van der Waals surface area contributed by atoms with E-state index in [-0.39, 0.29) is 11.4 Å². The number of hydrogen-bond donors (Lipinski definition) is 2. The highest BCUT2D eigenvalue weighted by Gasteiger charge is 2.30. The van der Waals surface area contributed by atoms with Gasteiger partial charge in [0.25, 0.3) is 0 Å². The van der Waals surface area contributed by atoms with Gasteiger partial charge in [-0.05, 0) is 18.2 Å². The zero-order chi connectivity index (χ0) is 17.4. The van der Waals surface area contributed by atoms with E-state index in [0.29, 0.717) is 42.5 Å². The van der Waals surface area contributed by atoms with Gasteiger partial charge in [-0.3, -0.25) is 9.88 Å². The number of fused-ring (bicyclic) bond motifs is 1. The van der Waals surface area contributed by atoms with Crippen LogP contribution in [-0.2, 0) is 4.74 Å². The maximum Gasteiger partial charge on any atom is 0.181 e. The lowest BCUT2D eigenvalue weighted by molar-refractivity contribution is 0.0222. The molecule has 4 rings (SSSR count). The average Bonchev–Trinajstić information content (AvgIpc) is 3.01. The number of thiazole rings is 1. The molecule has 1 unspecified atom stereocenters. The van der Waals surface area contributed by atoms with Crippen LogP contribution in [0, 0.1) is 5.82 Å². The zero-order valence-electron chi connectivity index (χ0n) is 13.4. The number of nitrogen functional groups attached to an aromatic ring is 1. The lowest BCUT2D eigenvalue weighted by atomic mass is 9.98. The van der Waals surface area contributed by atoms with Crippen LogP contribution in [0.15, 0.2) is 30.5 Å². The normalized spacial score (nSPS) is 17.0. The van der Waals surface area contributed by atoms with Crippen LogP contribution in [0.25, 0.3) is 10.2 Å². The molecule has 130 valence electrons. The minimum Gasteiger partial charge on any atom is -0.505 e. The molecule has 3 heterocycles. The number of phenols is 1. The summed E-state index contributed by atoms with van der Waals surface area (Å²) in [4.78, 5) is 10.5. The molecule has 0 bridgehead atoms. The Morgan fingerprint density at radius 1 is 1.28 bits per heavy atom. The van der Waals surface area contributed by atoms with Gasteiger partial charge < -0.3 is 15.6 Å². The van der Waals surface area contributed by atoms with Crippen molar-refractivity contribution in [3.63, 3.8) is 0 Å². The number of anilines is 1. The quantitative estimate of drug-likeness (QED) is 0.747. The van der Waals surface area contributed by atoms with Gasteiger partial charge in [-0.2, -0.15) is 0 Å². The fraction of sp³-hybridized carbons (Fsp3) is 0.294. The third kappa shape index (κ3) is 2.92. The van der Waals surface area contributed by atoms with E-state index in [1.165, 1.54) is 17.4 Å². The summed E-state index contributed by atoms with van der Waals surface area (Å²) >= 11 is 1.30. The van der Waals surface area contributed by atoms with Crippen molar-refractivity contribution in [1.82, 2.24) is 14.9 Å². The van der Waals surface area contributed by atoms with E-state index >= 15 is 0 Å². The highest BCUT2D eigenvalue weighted by Crippen LogP contribution is 2.40. The number of pyridine rings is 1. The average molecular weight is 360 g/mol. The van der Waals surface area contributed by atoms with Gasteiger partial charge >= 0.3 is 0 Å². The van der Waals surface area contributed by atoms with Crippen LogP contribution in [0.3, 0.4) is 0 Å². The molecular formula is C17H17FN4O2S. The largest absolute Gasteiger partial charge is 0.505 e. The van der Waals surface area contributed by atoms with Crippen LogP contribution >= 0.6 is 11.3 Å². The standard InChI is InChI=1S/C17H17FN4O2S/c18-11-2-1-5-20-13(11)15(22-6-8-24-9-7-22)10-3-4-12-14(16(10)23)21-17(19)25-12/h1-5,15,23H,6-9H2,(H2,19,21). The number of morpholine rings is 1. The molecule has 3 aromatic rings. The molecule has 2 aromatic heterocycles. The van der Waals surface area contributed by atoms with E-state index in [1.54, 1.807) is 18.3 Å². The SMILES string of the molecule is Nc1nc2c(O)c(C(c3ncccc3F)N3CCOCC3)ccc2s1. The number of aromatic nitrogens is 2. The van der Waals surface area contributed by atoms with E-state index in [2.05, 4.69) is 14.9 Å². The molecule has 0 radical (unpaired) electrons. The molecule has 0 saturated carbocycles. The highest BCUT2D eigenvalue weighted by molar-refractivity contribution is 7.22. The molecule has 1 saturated heterocycles. The van der Waals surface area contributed by atoms with Crippen LogP contribution in [0.2, 0.25) is 0 Å². The first kappa shape index (κ1) is 16.2. The van der Waals surface area contributed by atoms with Gasteiger partial charge in [-0.1, -0.05) is 17.4 Å². The summed E-state index contributed by atoms with van der Waals surface area (Å²) in [6.07, 6.45) is 1.56. The molecule has 1 aliphatic heterocycles. The number of nitrogens with zero attached hydrogens (tertiary/aromatic N) is 3. The summed E-state index contributed by atoms with van der Waals surface area (Å²) in [5.74, 6) is -0.386. The number of halogens is 1. The number of nitrogens with two attached hydrogens (primary N) is 1. The van der Waals surface area contributed by atoms with Crippen molar-refractivity contribution in [1.29, 1.82) is 0 Å². The summed E-state index contributed by atoms with van der Waals surface area (Å²) in [6, 6.07) is 6.07. The third-order valence-corrected chi connectivity index (χ3v) is 5.18. The summed E-state index contributed by atoms with van der Waals surface area (Å²) < 4.78 is 20.7. The fourth-order valence-corrected chi connectivity index (χ4v) is 3.92. The summed E-state index contributed by atoms with van der Waals surface area (Å²) in [6.45, 7) is 2.35. The Morgan fingerprint density at radius 2 is 2.08 bits per heavy atom. The second kappa shape index (κ2) is 6.55. The third-order valence-electron chi connectivity index (χ3n) is 4.33. The lowest BCUT2D eigenvalue weighted by Gasteiger charge is -2.34. The van der Waals surface area contributed by atoms with Crippen LogP contribution < -0.4 is 5.73 Å². The molecule has 0 aliphatic carbocycles. The van der Waals surface area contributed by atoms with E-state index in [0.717, 1.165) is 4.70 Å². The summed E-state index contributed by atoms with van der Waals surface area (Å²) in [5, 5.41) is 11.2. The van der Waals surface area contributed by atoms with Crippen molar-refractivity contribution in [2.24, 2.45) is 0 Å². The molecule has 1 fully saturated rings. The lowest BCUT2D eigenvalue weighted by Crippen LogP contribution is -2.40. The van der Waals surface area contributed by atoms with Gasteiger partial charge in [0, 0.05) is 24.8 Å². The van der Waals surface area contributed by atoms with Gasteiger partial charge in [0.05, 0.1) is 29.6 Å². The molecule has 0 amide bonds. The van der Waals surface area contributed by atoms with Crippen molar-refractivity contribution < 1.29 is 14.2 Å². The smallest absolute Gasteiger partial charge is 0.181 e. The van der Waals surface area contributed by atoms with E-state index in [1.807, 2.05) is 6.07 Å². The number of aromatic hydroxyl groups is 1. The highest BCUT2D eigenvalue weighted by atomic mass is 32.1. The molecule has 25 heavy (non-hydrogen) atoms. The molecule has 1 aromatic carbocycles. The first-order valence-corrected chi connectivity index (χ1v) is 8.77. The van der Waals surface area contributed by atoms with E-state index in [4.69, 9.17) is 10.5 Å². The van der Waals surface area contributed by atoms with E-state index < -0.39 is 11.9 Å². The van der Waals surface area contributed by atoms with Crippen molar-refractivity contribution >= 4 is 26.7 Å². The Bertz CT molecular complexity index is 911. The Labute approximate surface area is 147 Å². The zero-order valence-corrected chi connectivity index (χ0v) is 14.2. The number of rotatable bonds is 3. The second-order valence-corrected chi connectivity index (χ2v) is 6.89. The summed E-state index contributed by atoms with van der Waals surface area (Å²) in [7, 11) is 0. The molecule has 1 atom stereocenters. The molecule has 3 N–H and O–H groups in total. The van der Waals surface area contributed by atoms with E-state index in [9.17, 15) is 9.50 Å². The Morgan fingerprint density at radius 3 is 2.84 bits per heavy atom. The number of ether oxygens (including phenoxy) is 1. The van der Waals surface area contributed by atoms with Crippen molar-refractivity contribution in [2.75, 3.05) is 32.0 Å². The van der Waals surface area contributed by atoms with Gasteiger partial charge in [0.1, 0.15) is 17.1 Å². The second-order valence-electron chi connectivity index (χ2n) is 5.82. The van der Waals surface area contributed by atoms with Crippen molar-refractivity contribution in [3.8, 4) is 5.75 Å². The minimum absolute atomic E-state index is 0.0204. The predicted molar refractivity (Wildman–Crippen MR) is 94.1 cm³/mol. The molecule has 1 aliphatic rings. The predicted octanol–water partition coefficient (Wildman–Crippen LogP) is 2.54. The Kier molecular flexibility index (Phi) is 4.24. The van der Waals surface area contributed by atoms with Crippen LogP contribution in [0.5, 0.6) is 5.75 Å². The maximum atomic E-state index is 14.5. The molecular weight excluding hydrogens is 343 g/mol. The van der Waals surface area contributed by atoms with Crippen molar-refractivity contribution in [2.45, 2.75) is 6.04 Å². The van der Waals surface area contributed by atoms with Crippen LogP contribution in [0.1, 0.15) is 17.3 Å². The van der Waals surface area contributed by atoms with Gasteiger partial charge in [0.15, 0.2) is 5.13 Å². The summed E-state index contributed by atoms with van der Waals surface area (Å²) in [5.41, 5.74) is 7.05. The molecule has 6 nitrogen and oxygen atoms in total. The minimum atomic E-state index is -0.516. The van der Waals surface area contributed by atoms with Crippen molar-refractivity contribution in [3.05, 3.63) is 47.5 Å². The first-order valence-electron chi connectivity index (χ1n) is 7.95. The first-order chi connectivity index (χ1) is 12.1. The van der Waals surface area contributed by atoms with Crippen LogP contribution in [0.4, 0.5) is 9.52 Å². The van der Waals surface area contributed by atoms with Crippen LogP contribution in [-0.4, -0.2) is 46.3 Å². The van der Waals surface area contributed by atoms with Gasteiger partial charge in [-0.15, -0.1) is 0 Å². The number of phenolic OH excluding ortho intramolecular Hbond substituents is 1. The van der Waals surface area contributed by atoms with Gasteiger partial charge in [-0.25, -0.2) is 9.37 Å². The molecule has 0 spiro atoms. The molecule has 8 heteroatoms. The van der Waals surface area contributed by atoms with Gasteiger partial charge in [0.2, 0.25) is 0 Å².